The zero-order chi connectivity index (χ0) is 10.2. The molecular formula is C10H10BrF2N. The van der Waals surface area contributed by atoms with E-state index in [1.165, 1.54) is 6.07 Å². The van der Waals surface area contributed by atoms with Crippen LogP contribution in [0.5, 0.6) is 0 Å². The molecule has 1 N–H and O–H groups in total. The number of hydrogen-bond acceptors (Lipinski definition) is 1. The highest BCUT2D eigenvalue weighted by molar-refractivity contribution is 9.10. The normalized spacial score (nSPS) is 19.1. The van der Waals surface area contributed by atoms with E-state index < -0.39 is 5.67 Å². The van der Waals surface area contributed by atoms with Gasteiger partial charge >= 0.3 is 0 Å². The highest BCUT2D eigenvalue weighted by atomic mass is 79.9. The van der Waals surface area contributed by atoms with Crippen LogP contribution in [0, 0.1) is 5.82 Å². The Kier molecular flexibility index (Phi) is 2.58. The van der Waals surface area contributed by atoms with Gasteiger partial charge in [0.1, 0.15) is 11.5 Å². The van der Waals surface area contributed by atoms with Gasteiger partial charge in [0, 0.05) is 19.5 Å². The standard InChI is InChI=1S/C10H10BrF2N/c11-8-3-7(1-2-9(8)12)4-10(13)5-14-6-10/h1-3,14H,4-6H2. The summed E-state index contributed by atoms with van der Waals surface area (Å²) in [5.41, 5.74) is -0.320. The molecule has 1 aromatic carbocycles. The summed E-state index contributed by atoms with van der Waals surface area (Å²) in [4.78, 5) is 0. The molecule has 0 saturated carbocycles. The summed E-state index contributed by atoms with van der Waals surface area (Å²) in [6.07, 6.45) is 0.346. The number of benzene rings is 1. The summed E-state index contributed by atoms with van der Waals surface area (Å²) in [6, 6.07) is 4.61. The van der Waals surface area contributed by atoms with E-state index in [-0.39, 0.29) is 5.82 Å². The van der Waals surface area contributed by atoms with Crippen LogP contribution < -0.4 is 5.32 Å². The summed E-state index contributed by atoms with van der Waals surface area (Å²) in [7, 11) is 0. The van der Waals surface area contributed by atoms with E-state index in [2.05, 4.69) is 21.2 Å². The molecule has 0 aliphatic carbocycles. The fourth-order valence-electron chi connectivity index (χ4n) is 1.54. The minimum Gasteiger partial charge on any atom is -0.310 e. The first-order chi connectivity index (χ1) is 6.59. The number of halogens is 3. The third-order valence-electron chi connectivity index (χ3n) is 2.39. The van der Waals surface area contributed by atoms with Crippen molar-refractivity contribution in [3.8, 4) is 0 Å². The van der Waals surface area contributed by atoms with Crippen LogP contribution >= 0.6 is 15.9 Å². The first-order valence-electron chi connectivity index (χ1n) is 4.43. The Balaban J connectivity index is 2.13. The molecule has 4 heteroatoms. The second-order valence-corrected chi connectivity index (χ2v) is 4.53. The van der Waals surface area contributed by atoms with Crippen molar-refractivity contribution < 1.29 is 8.78 Å². The lowest BCUT2D eigenvalue weighted by atomic mass is 9.91. The molecule has 1 aliphatic rings. The molecule has 76 valence electrons. The topological polar surface area (TPSA) is 12.0 Å². The van der Waals surface area contributed by atoms with Crippen molar-refractivity contribution in [1.29, 1.82) is 0 Å². The van der Waals surface area contributed by atoms with E-state index in [0.29, 0.717) is 24.0 Å². The molecule has 0 atom stereocenters. The van der Waals surface area contributed by atoms with E-state index in [0.717, 1.165) is 5.56 Å². The second kappa shape index (κ2) is 3.59. The summed E-state index contributed by atoms with van der Waals surface area (Å²) in [6.45, 7) is 0.782. The van der Waals surface area contributed by atoms with Crippen LogP contribution in [0.3, 0.4) is 0 Å². The van der Waals surface area contributed by atoms with Crippen molar-refractivity contribution in [2.24, 2.45) is 0 Å². The maximum atomic E-state index is 13.7. The first-order valence-corrected chi connectivity index (χ1v) is 5.22. The molecule has 2 rings (SSSR count). The summed E-state index contributed by atoms with van der Waals surface area (Å²) in [5.74, 6) is -0.312. The van der Waals surface area contributed by atoms with Crippen LogP contribution in [0.15, 0.2) is 22.7 Å². The van der Waals surface area contributed by atoms with Crippen molar-refractivity contribution in [3.05, 3.63) is 34.1 Å². The molecule has 1 saturated heterocycles. The maximum Gasteiger partial charge on any atom is 0.139 e. The lowest BCUT2D eigenvalue weighted by Crippen LogP contribution is -2.57. The third-order valence-corrected chi connectivity index (χ3v) is 3.00. The smallest absolute Gasteiger partial charge is 0.139 e. The molecule has 0 bridgehead atoms. The Morgan fingerprint density at radius 3 is 2.64 bits per heavy atom. The summed E-state index contributed by atoms with van der Waals surface area (Å²) < 4.78 is 26.9. The fourth-order valence-corrected chi connectivity index (χ4v) is 1.96. The molecule has 1 aromatic rings. The lowest BCUT2D eigenvalue weighted by Gasteiger charge is -2.35. The van der Waals surface area contributed by atoms with Crippen LogP contribution in [0.1, 0.15) is 5.56 Å². The van der Waals surface area contributed by atoms with Gasteiger partial charge in [-0.3, -0.25) is 0 Å². The molecule has 0 aromatic heterocycles. The number of hydrogen-bond donors (Lipinski definition) is 1. The van der Waals surface area contributed by atoms with Crippen LogP contribution in [-0.4, -0.2) is 18.8 Å². The second-order valence-electron chi connectivity index (χ2n) is 3.68. The van der Waals surface area contributed by atoms with Crippen molar-refractivity contribution in [2.75, 3.05) is 13.1 Å². The largest absolute Gasteiger partial charge is 0.310 e. The predicted molar refractivity (Wildman–Crippen MR) is 54.5 cm³/mol. The third kappa shape index (κ3) is 1.96. The maximum absolute atomic E-state index is 13.7. The molecule has 1 nitrogen and oxygen atoms in total. The molecule has 0 unspecified atom stereocenters. The van der Waals surface area contributed by atoms with E-state index in [9.17, 15) is 8.78 Å². The molecule has 0 radical (unpaired) electrons. The van der Waals surface area contributed by atoms with Crippen molar-refractivity contribution >= 4 is 15.9 Å². The Morgan fingerprint density at radius 1 is 1.43 bits per heavy atom. The monoisotopic (exact) mass is 261 g/mol. The highest BCUT2D eigenvalue weighted by Gasteiger charge is 2.36. The number of alkyl halides is 1. The Bertz CT molecular complexity index is 350. The van der Waals surface area contributed by atoms with E-state index in [1.807, 2.05) is 0 Å². The Hall–Kier alpha value is -0.480. The molecule has 1 aliphatic heterocycles. The van der Waals surface area contributed by atoms with Gasteiger partial charge in [-0.2, -0.15) is 0 Å². The van der Waals surface area contributed by atoms with E-state index in [1.54, 1.807) is 12.1 Å². The first kappa shape index (κ1) is 10.1. The van der Waals surface area contributed by atoms with Crippen LogP contribution in [0.25, 0.3) is 0 Å². The van der Waals surface area contributed by atoms with Gasteiger partial charge in [-0.05, 0) is 33.6 Å². The van der Waals surface area contributed by atoms with Crippen LogP contribution in [-0.2, 0) is 6.42 Å². The summed E-state index contributed by atoms with van der Waals surface area (Å²) in [5, 5.41) is 2.89. The minimum atomic E-state index is -1.14. The fraction of sp³-hybridized carbons (Fsp3) is 0.400. The van der Waals surface area contributed by atoms with Gasteiger partial charge in [-0.15, -0.1) is 0 Å². The van der Waals surface area contributed by atoms with Crippen molar-refractivity contribution in [1.82, 2.24) is 5.32 Å². The van der Waals surface area contributed by atoms with Gasteiger partial charge in [-0.1, -0.05) is 6.07 Å². The number of rotatable bonds is 2. The van der Waals surface area contributed by atoms with Crippen LogP contribution in [0.2, 0.25) is 0 Å². The molecule has 14 heavy (non-hydrogen) atoms. The van der Waals surface area contributed by atoms with E-state index >= 15 is 0 Å². The van der Waals surface area contributed by atoms with Gasteiger partial charge in [0.2, 0.25) is 0 Å². The van der Waals surface area contributed by atoms with Gasteiger partial charge in [0.25, 0.3) is 0 Å². The quantitative estimate of drug-likeness (QED) is 0.863. The molecule has 1 heterocycles. The molecule has 0 spiro atoms. The predicted octanol–water partition coefficient (Wildman–Crippen LogP) is 2.44. The van der Waals surface area contributed by atoms with Crippen molar-refractivity contribution in [2.45, 2.75) is 12.1 Å². The lowest BCUT2D eigenvalue weighted by molar-refractivity contribution is 0.0911. The van der Waals surface area contributed by atoms with Crippen molar-refractivity contribution in [3.63, 3.8) is 0 Å². The highest BCUT2D eigenvalue weighted by Crippen LogP contribution is 2.25. The molecule has 1 fully saturated rings. The molecule has 0 amide bonds. The zero-order valence-electron chi connectivity index (χ0n) is 7.49. The van der Waals surface area contributed by atoms with Gasteiger partial charge < -0.3 is 5.32 Å². The Morgan fingerprint density at radius 2 is 2.14 bits per heavy atom. The molecular weight excluding hydrogens is 252 g/mol. The Labute approximate surface area is 89.6 Å². The summed E-state index contributed by atoms with van der Waals surface area (Å²) >= 11 is 3.08. The van der Waals surface area contributed by atoms with Gasteiger partial charge in [0.05, 0.1) is 4.47 Å². The SMILES string of the molecule is Fc1ccc(CC2(F)CNC2)cc1Br. The van der Waals surface area contributed by atoms with Gasteiger partial charge in [-0.25, -0.2) is 8.78 Å². The van der Waals surface area contributed by atoms with Crippen LogP contribution in [0.4, 0.5) is 8.78 Å². The van der Waals surface area contributed by atoms with E-state index in [4.69, 9.17) is 0 Å². The average Bonchev–Trinajstić information content (AvgIpc) is 2.09. The van der Waals surface area contributed by atoms with Gasteiger partial charge in [0.15, 0.2) is 0 Å². The number of nitrogens with one attached hydrogen (secondary N) is 1. The average molecular weight is 262 g/mol. The minimum absolute atomic E-state index is 0.312. The zero-order valence-corrected chi connectivity index (χ0v) is 9.07.